The molecular weight excluding hydrogens is 310 g/mol. The van der Waals surface area contributed by atoms with Crippen LogP contribution in [0.1, 0.15) is 15.9 Å². The zero-order valence-electron chi connectivity index (χ0n) is 13.3. The Bertz CT molecular complexity index is 758. The van der Waals surface area contributed by atoms with E-state index in [1.807, 2.05) is 4.90 Å². The number of nitro groups is 1. The van der Waals surface area contributed by atoms with Crippen LogP contribution in [-0.2, 0) is 0 Å². The minimum absolute atomic E-state index is 0.0177. The summed E-state index contributed by atoms with van der Waals surface area (Å²) >= 11 is 0. The van der Waals surface area contributed by atoms with E-state index in [1.165, 1.54) is 6.20 Å². The second-order valence-corrected chi connectivity index (χ2v) is 5.61. The number of aromatic nitrogens is 2. The quantitative estimate of drug-likeness (QED) is 0.629. The summed E-state index contributed by atoms with van der Waals surface area (Å²) in [5, 5.41) is 10.9. The Kier molecular flexibility index (Phi) is 4.37. The molecule has 8 nitrogen and oxygen atoms in total. The molecule has 0 spiro atoms. The Balaban J connectivity index is 1.66. The zero-order valence-corrected chi connectivity index (χ0v) is 13.3. The summed E-state index contributed by atoms with van der Waals surface area (Å²) in [6.07, 6.45) is 4.49. The SMILES string of the molecule is Cc1cc(N2CCN(C(=O)c3cccnc3)CC2)ncc1[N+](=O)[O-]. The van der Waals surface area contributed by atoms with Gasteiger partial charge in [-0.1, -0.05) is 0 Å². The molecule has 0 radical (unpaired) electrons. The molecule has 3 heterocycles. The van der Waals surface area contributed by atoms with E-state index < -0.39 is 4.92 Å². The minimum Gasteiger partial charge on any atom is -0.353 e. The fourth-order valence-electron chi connectivity index (χ4n) is 2.71. The molecule has 0 atom stereocenters. The van der Waals surface area contributed by atoms with Gasteiger partial charge in [-0.2, -0.15) is 0 Å². The van der Waals surface area contributed by atoms with Crippen LogP contribution in [0.15, 0.2) is 36.8 Å². The summed E-state index contributed by atoms with van der Waals surface area (Å²) in [7, 11) is 0. The molecule has 0 unspecified atom stereocenters. The molecule has 1 amide bonds. The molecule has 0 bridgehead atoms. The Morgan fingerprint density at radius 1 is 1.25 bits per heavy atom. The topological polar surface area (TPSA) is 92.5 Å². The highest BCUT2D eigenvalue weighted by Gasteiger charge is 2.24. The molecule has 2 aromatic heterocycles. The van der Waals surface area contributed by atoms with E-state index in [-0.39, 0.29) is 11.6 Å². The van der Waals surface area contributed by atoms with Crippen molar-refractivity contribution in [1.82, 2.24) is 14.9 Å². The normalized spacial score (nSPS) is 14.5. The van der Waals surface area contributed by atoms with E-state index in [0.29, 0.717) is 43.1 Å². The molecule has 8 heteroatoms. The molecule has 0 aromatic carbocycles. The van der Waals surface area contributed by atoms with E-state index in [1.54, 1.807) is 42.4 Å². The second kappa shape index (κ2) is 6.61. The maximum Gasteiger partial charge on any atom is 0.290 e. The number of rotatable bonds is 3. The van der Waals surface area contributed by atoms with Crippen LogP contribution in [0.5, 0.6) is 0 Å². The highest BCUT2D eigenvalue weighted by atomic mass is 16.6. The molecular formula is C16H17N5O3. The molecule has 2 aromatic rings. The van der Waals surface area contributed by atoms with Gasteiger partial charge in [-0.15, -0.1) is 0 Å². The summed E-state index contributed by atoms with van der Waals surface area (Å²) < 4.78 is 0. The van der Waals surface area contributed by atoms with Crippen LogP contribution < -0.4 is 4.90 Å². The number of hydrogen-bond donors (Lipinski definition) is 0. The lowest BCUT2D eigenvalue weighted by molar-refractivity contribution is -0.385. The highest BCUT2D eigenvalue weighted by molar-refractivity contribution is 5.94. The number of carbonyl (C=O) groups is 1. The predicted molar refractivity (Wildman–Crippen MR) is 88.0 cm³/mol. The van der Waals surface area contributed by atoms with Crippen molar-refractivity contribution >= 4 is 17.4 Å². The summed E-state index contributed by atoms with van der Waals surface area (Å²) in [5.74, 6) is 0.669. The fourth-order valence-corrected chi connectivity index (χ4v) is 2.71. The van der Waals surface area contributed by atoms with Gasteiger partial charge in [0.25, 0.3) is 11.6 Å². The van der Waals surface area contributed by atoms with Gasteiger partial charge in [-0.05, 0) is 25.1 Å². The zero-order chi connectivity index (χ0) is 17.1. The molecule has 1 saturated heterocycles. The lowest BCUT2D eigenvalue weighted by atomic mass is 10.2. The van der Waals surface area contributed by atoms with Crippen molar-refractivity contribution in [2.75, 3.05) is 31.1 Å². The van der Waals surface area contributed by atoms with Gasteiger partial charge in [0, 0.05) is 44.1 Å². The van der Waals surface area contributed by atoms with E-state index in [4.69, 9.17) is 0 Å². The van der Waals surface area contributed by atoms with Gasteiger partial charge >= 0.3 is 0 Å². The van der Waals surface area contributed by atoms with Gasteiger partial charge in [0.15, 0.2) is 0 Å². The van der Waals surface area contributed by atoms with Crippen LogP contribution in [0.3, 0.4) is 0 Å². The van der Waals surface area contributed by atoms with Crippen LogP contribution in [0.25, 0.3) is 0 Å². The van der Waals surface area contributed by atoms with Crippen molar-refractivity contribution in [2.45, 2.75) is 6.92 Å². The van der Waals surface area contributed by atoms with Crippen molar-refractivity contribution in [3.05, 3.63) is 58.0 Å². The van der Waals surface area contributed by atoms with E-state index in [0.717, 1.165) is 0 Å². The Hall–Kier alpha value is -3.03. The molecule has 0 aliphatic carbocycles. The standard InChI is InChI=1S/C16H17N5O3/c1-12-9-15(18-11-14(12)21(23)24)19-5-7-20(8-6-19)16(22)13-3-2-4-17-10-13/h2-4,9-11H,5-8H2,1H3. The molecule has 1 fully saturated rings. The number of anilines is 1. The van der Waals surface area contributed by atoms with Crippen LogP contribution in [0.2, 0.25) is 0 Å². The number of aryl methyl sites for hydroxylation is 1. The monoisotopic (exact) mass is 327 g/mol. The Labute approximate surface area is 138 Å². The molecule has 3 rings (SSSR count). The lowest BCUT2D eigenvalue weighted by Gasteiger charge is -2.35. The van der Waals surface area contributed by atoms with Gasteiger partial charge < -0.3 is 9.80 Å². The predicted octanol–water partition coefficient (Wildman–Crippen LogP) is 1.66. The first-order chi connectivity index (χ1) is 11.6. The average Bonchev–Trinajstić information content (AvgIpc) is 2.61. The third kappa shape index (κ3) is 3.17. The number of pyridine rings is 2. The van der Waals surface area contributed by atoms with Crippen LogP contribution in [0, 0.1) is 17.0 Å². The fraction of sp³-hybridized carbons (Fsp3) is 0.312. The Morgan fingerprint density at radius 2 is 2.00 bits per heavy atom. The van der Waals surface area contributed by atoms with Gasteiger partial charge in [-0.25, -0.2) is 4.98 Å². The van der Waals surface area contributed by atoms with Crippen LogP contribution in [-0.4, -0.2) is 51.9 Å². The summed E-state index contributed by atoms with van der Waals surface area (Å²) in [6, 6.07) is 5.22. The largest absolute Gasteiger partial charge is 0.353 e. The second-order valence-electron chi connectivity index (χ2n) is 5.61. The van der Waals surface area contributed by atoms with Gasteiger partial charge in [-0.3, -0.25) is 19.9 Å². The number of carbonyl (C=O) groups excluding carboxylic acids is 1. The average molecular weight is 327 g/mol. The van der Waals surface area contributed by atoms with Crippen molar-refractivity contribution in [3.63, 3.8) is 0 Å². The van der Waals surface area contributed by atoms with Gasteiger partial charge in [0.2, 0.25) is 0 Å². The first kappa shape index (κ1) is 15.9. The number of amides is 1. The third-order valence-corrected chi connectivity index (χ3v) is 4.06. The highest BCUT2D eigenvalue weighted by Crippen LogP contribution is 2.22. The third-order valence-electron chi connectivity index (χ3n) is 4.06. The maximum atomic E-state index is 12.4. The number of nitrogens with zero attached hydrogens (tertiary/aromatic N) is 5. The molecule has 24 heavy (non-hydrogen) atoms. The Morgan fingerprint density at radius 3 is 2.58 bits per heavy atom. The van der Waals surface area contributed by atoms with Crippen molar-refractivity contribution in [2.24, 2.45) is 0 Å². The summed E-state index contributed by atoms with van der Waals surface area (Å²) in [6.45, 7) is 4.12. The summed E-state index contributed by atoms with van der Waals surface area (Å²) in [5.41, 5.74) is 1.18. The number of hydrogen-bond acceptors (Lipinski definition) is 6. The smallest absolute Gasteiger partial charge is 0.290 e. The van der Waals surface area contributed by atoms with E-state index in [9.17, 15) is 14.9 Å². The lowest BCUT2D eigenvalue weighted by Crippen LogP contribution is -2.49. The molecule has 124 valence electrons. The van der Waals surface area contributed by atoms with Crippen LogP contribution >= 0.6 is 0 Å². The van der Waals surface area contributed by atoms with Crippen molar-refractivity contribution < 1.29 is 9.72 Å². The minimum atomic E-state index is -0.434. The van der Waals surface area contributed by atoms with Gasteiger partial charge in [0.1, 0.15) is 12.0 Å². The van der Waals surface area contributed by atoms with E-state index in [2.05, 4.69) is 9.97 Å². The van der Waals surface area contributed by atoms with Crippen LogP contribution in [0.4, 0.5) is 11.5 Å². The summed E-state index contributed by atoms with van der Waals surface area (Å²) in [4.78, 5) is 34.8. The molecule has 1 aliphatic heterocycles. The first-order valence-electron chi connectivity index (χ1n) is 7.61. The van der Waals surface area contributed by atoms with Gasteiger partial charge in [0.05, 0.1) is 10.5 Å². The molecule has 0 saturated carbocycles. The molecule has 0 N–H and O–H groups in total. The van der Waals surface area contributed by atoms with E-state index >= 15 is 0 Å². The first-order valence-corrected chi connectivity index (χ1v) is 7.61. The molecule has 1 aliphatic rings. The van der Waals surface area contributed by atoms with Crippen molar-refractivity contribution in [1.29, 1.82) is 0 Å². The van der Waals surface area contributed by atoms with Crippen molar-refractivity contribution in [3.8, 4) is 0 Å². The maximum absolute atomic E-state index is 12.4. The number of piperazine rings is 1.